The second-order valence-corrected chi connectivity index (χ2v) is 5.02. The van der Waals surface area contributed by atoms with Crippen molar-refractivity contribution in [1.29, 1.82) is 0 Å². The number of aliphatic hydroxyl groups excluding tert-OH is 1. The zero-order chi connectivity index (χ0) is 13.5. The van der Waals surface area contributed by atoms with Gasteiger partial charge in [0.05, 0.1) is 12.3 Å². The van der Waals surface area contributed by atoms with Crippen LogP contribution in [0.2, 0.25) is 0 Å². The Morgan fingerprint density at radius 2 is 2.28 bits per heavy atom. The molecule has 2 atom stereocenters. The van der Waals surface area contributed by atoms with Gasteiger partial charge in [-0.3, -0.25) is 9.48 Å². The average Bonchev–Trinajstić information content (AvgIpc) is 2.69. The van der Waals surface area contributed by atoms with E-state index in [1.807, 2.05) is 20.0 Å². The fourth-order valence-electron chi connectivity index (χ4n) is 1.85. The normalized spacial score (nSPS) is 14.2. The van der Waals surface area contributed by atoms with Crippen molar-refractivity contribution in [2.45, 2.75) is 46.3 Å². The monoisotopic (exact) mass is 253 g/mol. The molecule has 0 spiro atoms. The number of nitrogens with one attached hydrogen (secondary N) is 1. The number of aromatic nitrogens is 2. The maximum atomic E-state index is 11.6. The SMILES string of the molecule is Cc1cnn(CCC(=O)NCC(C)CC(C)O)c1. The lowest BCUT2D eigenvalue weighted by Gasteiger charge is -2.14. The summed E-state index contributed by atoms with van der Waals surface area (Å²) in [6, 6.07) is 0. The van der Waals surface area contributed by atoms with Gasteiger partial charge in [0.25, 0.3) is 0 Å². The van der Waals surface area contributed by atoms with Crippen LogP contribution in [0.25, 0.3) is 0 Å². The number of aliphatic hydroxyl groups is 1. The first kappa shape index (κ1) is 14.7. The molecule has 5 nitrogen and oxygen atoms in total. The third-order valence-electron chi connectivity index (χ3n) is 2.72. The summed E-state index contributed by atoms with van der Waals surface area (Å²) in [6.45, 7) is 6.97. The van der Waals surface area contributed by atoms with Crippen molar-refractivity contribution in [3.8, 4) is 0 Å². The third kappa shape index (κ3) is 5.82. The molecule has 2 unspecified atom stereocenters. The minimum Gasteiger partial charge on any atom is -0.393 e. The molecule has 0 saturated carbocycles. The summed E-state index contributed by atoms with van der Waals surface area (Å²) in [5.74, 6) is 0.321. The number of aryl methyl sites for hydroxylation is 2. The molecule has 0 aliphatic carbocycles. The van der Waals surface area contributed by atoms with Crippen LogP contribution in [0.1, 0.15) is 32.3 Å². The Morgan fingerprint density at radius 1 is 1.56 bits per heavy atom. The predicted octanol–water partition coefficient (Wildman–Crippen LogP) is 1.10. The molecule has 5 heteroatoms. The van der Waals surface area contributed by atoms with Gasteiger partial charge < -0.3 is 10.4 Å². The van der Waals surface area contributed by atoms with Gasteiger partial charge in [-0.15, -0.1) is 0 Å². The number of rotatable bonds is 7. The first-order valence-electron chi connectivity index (χ1n) is 6.41. The van der Waals surface area contributed by atoms with E-state index in [0.717, 1.165) is 5.56 Å². The number of hydrogen-bond acceptors (Lipinski definition) is 3. The summed E-state index contributed by atoms with van der Waals surface area (Å²) in [5.41, 5.74) is 1.10. The molecule has 1 amide bonds. The summed E-state index contributed by atoms with van der Waals surface area (Å²) in [7, 11) is 0. The molecular weight excluding hydrogens is 230 g/mol. The molecule has 1 aromatic rings. The Balaban J connectivity index is 2.18. The molecule has 0 bridgehead atoms. The van der Waals surface area contributed by atoms with Crippen LogP contribution in [-0.2, 0) is 11.3 Å². The van der Waals surface area contributed by atoms with Gasteiger partial charge in [-0.25, -0.2) is 0 Å². The minimum absolute atomic E-state index is 0.0283. The highest BCUT2D eigenvalue weighted by atomic mass is 16.3. The first-order valence-corrected chi connectivity index (χ1v) is 6.41. The largest absolute Gasteiger partial charge is 0.393 e. The molecule has 0 saturated heterocycles. The van der Waals surface area contributed by atoms with Crippen LogP contribution in [-0.4, -0.2) is 33.4 Å². The van der Waals surface area contributed by atoms with Crippen molar-refractivity contribution >= 4 is 5.91 Å². The number of carbonyl (C=O) groups is 1. The molecule has 18 heavy (non-hydrogen) atoms. The van der Waals surface area contributed by atoms with E-state index in [1.54, 1.807) is 17.8 Å². The highest BCUT2D eigenvalue weighted by molar-refractivity contribution is 5.75. The van der Waals surface area contributed by atoms with Crippen molar-refractivity contribution in [2.24, 2.45) is 5.92 Å². The molecule has 1 rings (SSSR count). The second kappa shape index (κ2) is 7.16. The van der Waals surface area contributed by atoms with E-state index in [2.05, 4.69) is 10.4 Å². The van der Waals surface area contributed by atoms with Crippen molar-refractivity contribution in [3.05, 3.63) is 18.0 Å². The van der Waals surface area contributed by atoms with E-state index in [1.165, 1.54) is 0 Å². The standard InChI is InChI=1S/C13H23N3O2/c1-10(6-12(3)17)7-14-13(18)4-5-16-9-11(2)8-15-16/h8-10,12,17H,4-7H2,1-3H3,(H,14,18). The van der Waals surface area contributed by atoms with E-state index in [0.29, 0.717) is 31.8 Å². The van der Waals surface area contributed by atoms with Gasteiger partial charge in [-0.05, 0) is 31.7 Å². The van der Waals surface area contributed by atoms with Crippen LogP contribution in [0, 0.1) is 12.8 Å². The van der Waals surface area contributed by atoms with Crippen molar-refractivity contribution in [3.63, 3.8) is 0 Å². The van der Waals surface area contributed by atoms with Crippen LogP contribution in [0.15, 0.2) is 12.4 Å². The first-order chi connectivity index (χ1) is 8.47. The van der Waals surface area contributed by atoms with E-state index >= 15 is 0 Å². The van der Waals surface area contributed by atoms with Gasteiger partial charge in [0.15, 0.2) is 0 Å². The van der Waals surface area contributed by atoms with Gasteiger partial charge in [-0.2, -0.15) is 5.10 Å². The van der Waals surface area contributed by atoms with Crippen molar-refractivity contribution in [1.82, 2.24) is 15.1 Å². The van der Waals surface area contributed by atoms with E-state index in [9.17, 15) is 9.90 Å². The van der Waals surface area contributed by atoms with Gasteiger partial charge >= 0.3 is 0 Å². The predicted molar refractivity (Wildman–Crippen MR) is 70.1 cm³/mol. The lowest BCUT2D eigenvalue weighted by molar-refractivity contribution is -0.121. The third-order valence-corrected chi connectivity index (χ3v) is 2.72. The second-order valence-electron chi connectivity index (χ2n) is 5.02. The molecular formula is C13H23N3O2. The Bertz CT molecular complexity index is 374. The molecule has 0 aromatic carbocycles. The van der Waals surface area contributed by atoms with Gasteiger partial charge in [-0.1, -0.05) is 6.92 Å². The van der Waals surface area contributed by atoms with Crippen molar-refractivity contribution < 1.29 is 9.90 Å². The summed E-state index contributed by atoms with van der Waals surface area (Å²) in [4.78, 5) is 11.6. The fraction of sp³-hybridized carbons (Fsp3) is 0.692. The van der Waals surface area contributed by atoms with E-state index in [-0.39, 0.29) is 12.0 Å². The zero-order valence-electron chi connectivity index (χ0n) is 11.4. The number of amides is 1. The van der Waals surface area contributed by atoms with Crippen LogP contribution in [0.3, 0.4) is 0 Å². The molecule has 102 valence electrons. The van der Waals surface area contributed by atoms with Crippen LogP contribution >= 0.6 is 0 Å². The number of carbonyl (C=O) groups excluding carboxylic acids is 1. The minimum atomic E-state index is -0.316. The van der Waals surface area contributed by atoms with Crippen LogP contribution < -0.4 is 5.32 Å². The average molecular weight is 253 g/mol. The maximum absolute atomic E-state index is 11.6. The molecule has 0 radical (unpaired) electrons. The zero-order valence-corrected chi connectivity index (χ0v) is 11.4. The molecule has 0 fully saturated rings. The highest BCUT2D eigenvalue weighted by Crippen LogP contribution is 2.04. The highest BCUT2D eigenvalue weighted by Gasteiger charge is 2.08. The summed E-state index contributed by atoms with van der Waals surface area (Å²) < 4.78 is 1.77. The molecule has 0 aliphatic heterocycles. The molecule has 1 aromatic heterocycles. The number of hydrogen-bond donors (Lipinski definition) is 2. The van der Waals surface area contributed by atoms with Crippen LogP contribution in [0.4, 0.5) is 0 Å². The maximum Gasteiger partial charge on any atom is 0.221 e. The lowest BCUT2D eigenvalue weighted by atomic mass is 10.0. The van der Waals surface area contributed by atoms with Gasteiger partial charge in [0.2, 0.25) is 5.91 Å². The lowest BCUT2D eigenvalue weighted by Crippen LogP contribution is -2.30. The Hall–Kier alpha value is -1.36. The smallest absolute Gasteiger partial charge is 0.221 e. The summed E-state index contributed by atoms with van der Waals surface area (Å²) in [6.07, 6.45) is 4.52. The Morgan fingerprint density at radius 3 is 2.83 bits per heavy atom. The molecule has 1 heterocycles. The molecule has 0 aliphatic rings. The summed E-state index contributed by atoms with van der Waals surface area (Å²) >= 11 is 0. The Kier molecular flexibility index (Phi) is 5.85. The summed E-state index contributed by atoms with van der Waals surface area (Å²) in [5, 5.41) is 16.2. The van der Waals surface area contributed by atoms with Gasteiger partial charge in [0.1, 0.15) is 0 Å². The Labute approximate surface area is 108 Å². The van der Waals surface area contributed by atoms with Crippen LogP contribution in [0.5, 0.6) is 0 Å². The fourth-order valence-corrected chi connectivity index (χ4v) is 1.85. The quantitative estimate of drug-likeness (QED) is 0.765. The van der Waals surface area contributed by atoms with E-state index < -0.39 is 0 Å². The topological polar surface area (TPSA) is 67.2 Å². The van der Waals surface area contributed by atoms with Crippen molar-refractivity contribution in [2.75, 3.05) is 6.54 Å². The number of nitrogens with zero attached hydrogens (tertiary/aromatic N) is 2. The van der Waals surface area contributed by atoms with Gasteiger partial charge in [0, 0.05) is 25.7 Å². The van der Waals surface area contributed by atoms with E-state index in [4.69, 9.17) is 0 Å². The molecule has 2 N–H and O–H groups in total.